The lowest BCUT2D eigenvalue weighted by Crippen LogP contribution is -2.29. The minimum Gasteiger partial charge on any atom is -0.494 e. The zero-order valence-electron chi connectivity index (χ0n) is 14.3. The molecular formula is C17H20N4O5. The number of nitro benzene ring substituents is 1. The van der Waals surface area contributed by atoms with Gasteiger partial charge in [0.25, 0.3) is 5.69 Å². The van der Waals surface area contributed by atoms with Gasteiger partial charge in [-0.05, 0) is 24.3 Å². The van der Waals surface area contributed by atoms with E-state index in [1.54, 1.807) is 18.2 Å². The second-order valence-corrected chi connectivity index (χ2v) is 5.26. The molecule has 0 amide bonds. The molecule has 0 aliphatic heterocycles. The van der Waals surface area contributed by atoms with Crippen molar-refractivity contribution < 1.29 is 19.9 Å². The van der Waals surface area contributed by atoms with Crippen molar-refractivity contribution in [2.75, 3.05) is 38.3 Å². The average Bonchev–Trinajstić information content (AvgIpc) is 2.66. The highest BCUT2D eigenvalue weighted by Crippen LogP contribution is 2.33. The number of methoxy groups -OCH3 is 1. The van der Waals surface area contributed by atoms with Gasteiger partial charge in [-0.3, -0.25) is 10.1 Å². The molecule has 9 heteroatoms. The first-order valence-electron chi connectivity index (χ1n) is 7.90. The Hall–Kier alpha value is -3.04. The van der Waals surface area contributed by atoms with Crippen LogP contribution in [0.15, 0.2) is 52.7 Å². The summed E-state index contributed by atoms with van der Waals surface area (Å²) >= 11 is 0. The number of hydrogen-bond donors (Lipinski definition) is 2. The van der Waals surface area contributed by atoms with Gasteiger partial charge in [0.05, 0.1) is 30.9 Å². The molecule has 2 aromatic carbocycles. The van der Waals surface area contributed by atoms with Gasteiger partial charge in [-0.25, -0.2) is 0 Å². The van der Waals surface area contributed by atoms with Gasteiger partial charge in [-0.1, -0.05) is 0 Å². The van der Waals surface area contributed by atoms with Gasteiger partial charge in [0.1, 0.15) is 11.4 Å². The topological polar surface area (TPSA) is 121 Å². The fourth-order valence-corrected chi connectivity index (χ4v) is 2.31. The number of nitrogens with zero attached hydrogens (tertiary/aromatic N) is 4. The molecule has 0 spiro atoms. The van der Waals surface area contributed by atoms with E-state index in [0.29, 0.717) is 30.2 Å². The Labute approximate surface area is 150 Å². The molecule has 0 atom stereocenters. The number of azo groups is 1. The van der Waals surface area contributed by atoms with Gasteiger partial charge in [0.15, 0.2) is 0 Å². The van der Waals surface area contributed by atoms with Crippen LogP contribution in [0.2, 0.25) is 0 Å². The molecule has 0 fully saturated rings. The van der Waals surface area contributed by atoms with Crippen LogP contribution in [-0.2, 0) is 0 Å². The highest BCUT2D eigenvalue weighted by Gasteiger charge is 2.10. The fourth-order valence-electron chi connectivity index (χ4n) is 2.31. The molecule has 0 aromatic heterocycles. The number of ether oxygens (including phenoxy) is 1. The van der Waals surface area contributed by atoms with Crippen LogP contribution in [0.5, 0.6) is 5.75 Å². The Bertz CT molecular complexity index is 758. The SMILES string of the molecule is COc1cc(N(CCO)CCO)ccc1N=Nc1ccc([N+](=O)[O-])cc1. The molecule has 0 heterocycles. The average molecular weight is 360 g/mol. The minimum atomic E-state index is -0.479. The second kappa shape index (κ2) is 9.44. The van der Waals surface area contributed by atoms with E-state index in [2.05, 4.69) is 10.2 Å². The van der Waals surface area contributed by atoms with E-state index in [0.717, 1.165) is 5.69 Å². The molecule has 2 rings (SSSR count). The fraction of sp³-hybridized carbons (Fsp3) is 0.294. The molecule has 0 saturated heterocycles. The van der Waals surface area contributed by atoms with Gasteiger partial charge in [0.2, 0.25) is 0 Å². The van der Waals surface area contributed by atoms with Crippen LogP contribution in [0.3, 0.4) is 0 Å². The number of benzene rings is 2. The van der Waals surface area contributed by atoms with Gasteiger partial charge < -0.3 is 19.8 Å². The van der Waals surface area contributed by atoms with Crippen LogP contribution >= 0.6 is 0 Å². The second-order valence-electron chi connectivity index (χ2n) is 5.26. The lowest BCUT2D eigenvalue weighted by atomic mass is 10.2. The highest BCUT2D eigenvalue weighted by atomic mass is 16.6. The Kier molecular flexibility index (Phi) is 7.01. The molecule has 2 N–H and O–H groups in total. The van der Waals surface area contributed by atoms with E-state index in [-0.39, 0.29) is 18.9 Å². The first kappa shape index (κ1) is 19.3. The molecule has 26 heavy (non-hydrogen) atoms. The van der Waals surface area contributed by atoms with Crippen LogP contribution < -0.4 is 9.64 Å². The Morgan fingerprint density at radius 1 is 1.08 bits per heavy atom. The van der Waals surface area contributed by atoms with E-state index in [1.165, 1.54) is 31.4 Å². The Morgan fingerprint density at radius 3 is 2.27 bits per heavy atom. The van der Waals surface area contributed by atoms with Crippen LogP contribution in [0.4, 0.5) is 22.7 Å². The monoisotopic (exact) mass is 360 g/mol. The van der Waals surface area contributed by atoms with E-state index >= 15 is 0 Å². The molecular weight excluding hydrogens is 340 g/mol. The molecule has 0 radical (unpaired) electrons. The van der Waals surface area contributed by atoms with Crippen molar-refractivity contribution in [1.29, 1.82) is 0 Å². The van der Waals surface area contributed by atoms with Crippen LogP contribution in [0, 0.1) is 10.1 Å². The summed E-state index contributed by atoms with van der Waals surface area (Å²) in [5, 5.41) is 37.1. The van der Waals surface area contributed by atoms with Crippen molar-refractivity contribution in [2.24, 2.45) is 10.2 Å². The number of aliphatic hydroxyl groups is 2. The standard InChI is InChI=1S/C17H20N4O5/c1-26-17-12-15(20(8-10-22)9-11-23)6-7-16(17)19-18-13-2-4-14(5-3-13)21(24)25/h2-7,12,22-23H,8-11H2,1H3. The quantitative estimate of drug-likeness (QED) is 0.403. The summed E-state index contributed by atoms with van der Waals surface area (Å²) in [6.45, 7) is 0.689. The lowest BCUT2D eigenvalue weighted by Gasteiger charge is -2.23. The van der Waals surface area contributed by atoms with Crippen LogP contribution in [0.1, 0.15) is 0 Å². The predicted octanol–water partition coefficient (Wildman–Crippen LogP) is 2.81. The van der Waals surface area contributed by atoms with Gasteiger partial charge >= 0.3 is 0 Å². The maximum atomic E-state index is 10.7. The number of nitro groups is 1. The molecule has 138 valence electrons. The van der Waals surface area contributed by atoms with Gasteiger partial charge in [-0.2, -0.15) is 5.11 Å². The van der Waals surface area contributed by atoms with Crippen LogP contribution in [0.25, 0.3) is 0 Å². The molecule has 9 nitrogen and oxygen atoms in total. The normalized spacial score (nSPS) is 10.9. The van der Waals surface area contributed by atoms with Crippen molar-refractivity contribution in [1.82, 2.24) is 0 Å². The number of hydrogen-bond acceptors (Lipinski definition) is 8. The van der Waals surface area contributed by atoms with Crippen molar-refractivity contribution in [3.8, 4) is 5.75 Å². The summed E-state index contributed by atoms with van der Waals surface area (Å²) in [4.78, 5) is 12.0. The summed E-state index contributed by atoms with van der Waals surface area (Å²) in [6.07, 6.45) is 0. The van der Waals surface area contributed by atoms with E-state index in [9.17, 15) is 10.1 Å². The maximum absolute atomic E-state index is 10.7. The lowest BCUT2D eigenvalue weighted by molar-refractivity contribution is -0.384. The van der Waals surface area contributed by atoms with Crippen molar-refractivity contribution in [3.05, 3.63) is 52.6 Å². The van der Waals surface area contributed by atoms with Gasteiger partial charge in [-0.15, -0.1) is 5.11 Å². The third-order valence-electron chi connectivity index (χ3n) is 3.60. The summed E-state index contributed by atoms with van der Waals surface area (Å²) in [6, 6.07) is 11.0. The van der Waals surface area contributed by atoms with Gasteiger partial charge in [0, 0.05) is 37.0 Å². The number of non-ortho nitro benzene ring substituents is 1. The first-order chi connectivity index (χ1) is 12.6. The highest BCUT2D eigenvalue weighted by molar-refractivity contribution is 5.62. The third-order valence-corrected chi connectivity index (χ3v) is 3.60. The Morgan fingerprint density at radius 2 is 1.73 bits per heavy atom. The summed E-state index contributed by atoms with van der Waals surface area (Å²) in [5.74, 6) is 0.481. The molecule has 0 aliphatic carbocycles. The largest absolute Gasteiger partial charge is 0.494 e. The first-order valence-corrected chi connectivity index (χ1v) is 7.90. The minimum absolute atomic E-state index is 0.0151. The van der Waals surface area contributed by atoms with E-state index in [4.69, 9.17) is 14.9 Å². The third kappa shape index (κ3) is 4.98. The predicted molar refractivity (Wildman–Crippen MR) is 96.7 cm³/mol. The molecule has 2 aromatic rings. The number of aliphatic hydroxyl groups excluding tert-OH is 2. The summed E-state index contributed by atoms with van der Waals surface area (Å²) < 4.78 is 5.34. The van der Waals surface area contributed by atoms with Crippen LogP contribution in [-0.4, -0.2) is 48.5 Å². The van der Waals surface area contributed by atoms with Crippen molar-refractivity contribution in [2.45, 2.75) is 0 Å². The molecule has 0 saturated carbocycles. The summed E-state index contributed by atoms with van der Waals surface area (Å²) in [7, 11) is 1.51. The van der Waals surface area contributed by atoms with E-state index in [1.807, 2.05) is 4.90 Å². The zero-order valence-corrected chi connectivity index (χ0v) is 14.3. The number of anilines is 1. The van der Waals surface area contributed by atoms with E-state index < -0.39 is 4.92 Å². The molecule has 0 unspecified atom stereocenters. The smallest absolute Gasteiger partial charge is 0.269 e. The molecule has 0 bridgehead atoms. The van der Waals surface area contributed by atoms with Crippen molar-refractivity contribution in [3.63, 3.8) is 0 Å². The zero-order chi connectivity index (χ0) is 18.9. The number of rotatable bonds is 9. The summed E-state index contributed by atoms with van der Waals surface area (Å²) in [5.41, 5.74) is 1.73. The Balaban J connectivity index is 2.22. The molecule has 0 aliphatic rings. The van der Waals surface area contributed by atoms with Crippen molar-refractivity contribution >= 4 is 22.7 Å². The maximum Gasteiger partial charge on any atom is 0.269 e.